The van der Waals surface area contributed by atoms with Gasteiger partial charge in [0.15, 0.2) is 0 Å². The second-order valence-electron chi connectivity index (χ2n) is 8.29. The van der Waals surface area contributed by atoms with Gasteiger partial charge in [0.1, 0.15) is 17.7 Å². The molecule has 4 N–H and O–H groups in total. The molecular formula is C28H25F3N2O4. The quantitative estimate of drug-likeness (QED) is 0.205. The zero-order valence-corrected chi connectivity index (χ0v) is 19.8. The van der Waals surface area contributed by atoms with E-state index in [1.165, 1.54) is 12.1 Å². The molecule has 2 atom stereocenters. The Morgan fingerprint density at radius 3 is 2.41 bits per heavy atom. The maximum atomic E-state index is 13.0. The van der Waals surface area contributed by atoms with Gasteiger partial charge in [-0.1, -0.05) is 30.0 Å². The van der Waals surface area contributed by atoms with Crippen LogP contribution in [0.4, 0.5) is 13.2 Å². The minimum Gasteiger partial charge on any atom is -0.497 e. The number of methoxy groups -OCH3 is 1. The molecule has 4 aromatic rings. The molecule has 1 aromatic heterocycles. The molecule has 0 spiro atoms. The van der Waals surface area contributed by atoms with Gasteiger partial charge >= 0.3 is 6.36 Å². The van der Waals surface area contributed by atoms with Crippen molar-refractivity contribution in [2.45, 2.75) is 25.1 Å². The first-order chi connectivity index (χ1) is 17.8. The summed E-state index contributed by atoms with van der Waals surface area (Å²) in [6.07, 6.45) is -4.40. The lowest BCUT2D eigenvalue weighted by Crippen LogP contribution is -2.37. The molecule has 0 saturated carbocycles. The number of nitrogens with one attached hydrogen (secondary N) is 2. The van der Waals surface area contributed by atoms with Gasteiger partial charge in [0.2, 0.25) is 0 Å². The molecule has 0 aliphatic carbocycles. The van der Waals surface area contributed by atoms with Gasteiger partial charge in [-0.3, -0.25) is 5.32 Å². The molecule has 0 aliphatic rings. The fourth-order valence-corrected chi connectivity index (χ4v) is 3.93. The largest absolute Gasteiger partial charge is 0.573 e. The Hall–Kier alpha value is -3.97. The summed E-state index contributed by atoms with van der Waals surface area (Å²) in [5.41, 5.74) is 2.70. The lowest BCUT2D eigenvalue weighted by atomic mass is 10.0. The zero-order chi connectivity index (χ0) is 26.4. The van der Waals surface area contributed by atoms with E-state index in [1.54, 1.807) is 37.6 Å². The van der Waals surface area contributed by atoms with Crippen LogP contribution in [-0.4, -0.2) is 41.3 Å². The van der Waals surface area contributed by atoms with Crippen LogP contribution >= 0.6 is 0 Å². The van der Waals surface area contributed by atoms with Crippen molar-refractivity contribution in [3.05, 3.63) is 95.2 Å². The van der Waals surface area contributed by atoms with E-state index in [-0.39, 0.29) is 12.2 Å². The standard InChI is InChI=1S/C28H25F3N2O4/c1-36-22-11-8-18(9-12-22)6-7-19-10-13-26(37-28(29,30)31)24(14-19)27(35)33-21(17-34)15-20-16-32-25-5-3-2-4-23(20)25/h2-5,8-14,16,21,27,32-35H,15,17H2,1H3. The van der Waals surface area contributed by atoms with Crippen LogP contribution in [0.5, 0.6) is 11.5 Å². The molecule has 0 aliphatic heterocycles. The highest BCUT2D eigenvalue weighted by molar-refractivity contribution is 5.83. The number of alkyl halides is 3. The number of fused-ring (bicyclic) bond motifs is 1. The fraction of sp³-hybridized carbons (Fsp3) is 0.214. The van der Waals surface area contributed by atoms with Gasteiger partial charge in [-0.05, 0) is 60.5 Å². The minimum absolute atomic E-state index is 0.156. The highest BCUT2D eigenvalue weighted by Gasteiger charge is 2.33. The Kier molecular flexibility index (Phi) is 8.04. The third kappa shape index (κ3) is 6.83. The second kappa shape index (κ2) is 11.4. The molecule has 0 radical (unpaired) electrons. The highest BCUT2D eigenvalue weighted by Crippen LogP contribution is 2.31. The number of aliphatic hydroxyl groups excluding tert-OH is 2. The number of halogens is 3. The molecule has 0 fully saturated rings. The highest BCUT2D eigenvalue weighted by atomic mass is 19.4. The van der Waals surface area contributed by atoms with Gasteiger partial charge in [-0.15, -0.1) is 13.2 Å². The number of H-pyrrole nitrogens is 1. The first-order valence-corrected chi connectivity index (χ1v) is 11.4. The third-order valence-corrected chi connectivity index (χ3v) is 5.73. The molecule has 0 amide bonds. The monoisotopic (exact) mass is 510 g/mol. The Bertz CT molecular complexity index is 1400. The summed E-state index contributed by atoms with van der Waals surface area (Å²) in [6, 6.07) is 17.8. The topological polar surface area (TPSA) is 86.7 Å². The average Bonchev–Trinajstić information content (AvgIpc) is 3.29. The van der Waals surface area contributed by atoms with Gasteiger partial charge in [0.25, 0.3) is 0 Å². The van der Waals surface area contributed by atoms with E-state index in [0.29, 0.717) is 23.3 Å². The molecule has 2 unspecified atom stereocenters. The van der Waals surface area contributed by atoms with Crippen molar-refractivity contribution < 1.29 is 32.9 Å². The number of ether oxygens (including phenoxy) is 2. The molecule has 0 saturated heterocycles. The number of rotatable bonds is 8. The van der Waals surface area contributed by atoms with Crippen LogP contribution < -0.4 is 14.8 Å². The molecule has 192 valence electrons. The number of para-hydroxylation sites is 1. The number of benzene rings is 3. The molecule has 37 heavy (non-hydrogen) atoms. The van der Waals surface area contributed by atoms with Crippen molar-refractivity contribution in [2.75, 3.05) is 13.7 Å². The van der Waals surface area contributed by atoms with E-state index in [0.717, 1.165) is 22.5 Å². The minimum atomic E-state index is -4.95. The Morgan fingerprint density at radius 2 is 1.70 bits per heavy atom. The van der Waals surface area contributed by atoms with Crippen LogP contribution in [-0.2, 0) is 6.42 Å². The van der Waals surface area contributed by atoms with Gasteiger partial charge in [0.05, 0.1) is 13.7 Å². The van der Waals surface area contributed by atoms with Crippen LogP contribution in [0.3, 0.4) is 0 Å². The summed E-state index contributed by atoms with van der Waals surface area (Å²) in [7, 11) is 1.55. The Balaban J connectivity index is 1.58. The first-order valence-electron chi connectivity index (χ1n) is 11.4. The van der Waals surface area contributed by atoms with Crippen molar-refractivity contribution in [2.24, 2.45) is 0 Å². The first kappa shape index (κ1) is 26.1. The van der Waals surface area contributed by atoms with Crippen molar-refractivity contribution in [3.8, 4) is 23.3 Å². The summed E-state index contributed by atoms with van der Waals surface area (Å²) in [5, 5.41) is 24.6. The lowest BCUT2D eigenvalue weighted by Gasteiger charge is -2.23. The fourth-order valence-electron chi connectivity index (χ4n) is 3.93. The molecule has 6 nitrogen and oxygen atoms in total. The maximum Gasteiger partial charge on any atom is 0.573 e. The van der Waals surface area contributed by atoms with E-state index < -0.39 is 24.4 Å². The summed E-state index contributed by atoms with van der Waals surface area (Å²) >= 11 is 0. The second-order valence-corrected chi connectivity index (χ2v) is 8.29. The average molecular weight is 511 g/mol. The summed E-state index contributed by atoms with van der Waals surface area (Å²) in [4.78, 5) is 3.14. The van der Waals surface area contributed by atoms with Crippen molar-refractivity contribution in [1.82, 2.24) is 10.3 Å². The molecule has 0 bridgehead atoms. The smallest absolute Gasteiger partial charge is 0.497 e. The van der Waals surface area contributed by atoms with E-state index in [1.807, 2.05) is 24.3 Å². The normalized spacial score (nSPS) is 13.0. The van der Waals surface area contributed by atoms with Gasteiger partial charge in [-0.25, -0.2) is 0 Å². The van der Waals surface area contributed by atoms with Gasteiger partial charge in [0, 0.05) is 39.8 Å². The predicted octanol–water partition coefficient (Wildman–Crippen LogP) is 4.66. The van der Waals surface area contributed by atoms with Crippen molar-refractivity contribution >= 4 is 10.9 Å². The third-order valence-electron chi connectivity index (χ3n) is 5.73. The van der Waals surface area contributed by atoms with E-state index >= 15 is 0 Å². The van der Waals surface area contributed by atoms with Crippen LogP contribution in [0.15, 0.2) is 72.9 Å². The van der Waals surface area contributed by atoms with Gasteiger partial charge in [-0.2, -0.15) is 0 Å². The maximum absolute atomic E-state index is 13.0. The number of aromatic nitrogens is 1. The molecular weight excluding hydrogens is 485 g/mol. The summed E-state index contributed by atoms with van der Waals surface area (Å²) in [6.45, 7) is -0.358. The van der Waals surface area contributed by atoms with Crippen LogP contribution in [0.1, 0.15) is 28.5 Å². The summed E-state index contributed by atoms with van der Waals surface area (Å²) < 4.78 is 48.4. The Morgan fingerprint density at radius 1 is 1.00 bits per heavy atom. The SMILES string of the molecule is COc1ccc(C#Cc2ccc(OC(F)(F)F)c(C(O)NC(CO)Cc3c[nH]c4ccccc34)c2)cc1. The van der Waals surface area contributed by atoms with Crippen molar-refractivity contribution in [1.29, 1.82) is 0 Å². The van der Waals surface area contributed by atoms with E-state index in [9.17, 15) is 23.4 Å². The molecule has 1 heterocycles. The lowest BCUT2D eigenvalue weighted by molar-refractivity contribution is -0.275. The molecule has 4 rings (SSSR count). The molecule has 9 heteroatoms. The van der Waals surface area contributed by atoms with E-state index in [4.69, 9.17) is 4.74 Å². The van der Waals surface area contributed by atoms with Gasteiger partial charge < -0.3 is 24.7 Å². The van der Waals surface area contributed by atoms with Crippen LogP contribution in [0, 0.1) is 11.8 Å². The van der Waals surface area contributed by atoms with Crippen molar-refractivity contribution in [3.63, 3.8) is 0 Å². The number of hydrogen-bond donors (Lipinski definition) is 4. The van der Waals surface area contributed by atoms with E-state index in [2.05, 4.69) is 26.9 Å². The zero-order valence-electron chi connectivity index (χ0n) is 19.8. The number of hydrogen-bond acceptors (Lipinski definition) is 5. The van der Waals surface area contributed by atoms with Crippen LogP contribution in [0.25, 0.3) is 10.9 Å². The molecule has 3 aromatic carbocycles. The number of aliphatic hydroxyl groups is 2. The Labute approximate surface area is 211 Å². The number of aromatic amines is 1. The predicted molar refractivity (Wildman–Crippen MR) is 133 cm³/mol. The summed E-state index contributed by atoms with van der Waals surface area (Å²) in [5.74, 6) is 5.92. The van der Waals surface area contributed by atoms with Crippen LogP contribution in [0.2, 0.25) is 0 Å².